The number of rotatable bonds is 7. The predicted molar refractivity (Wildman–Crippen MR) is 109 cm³/mol. The van der Waals surface area contributed by atoms with Gasteiger partial charge in [0.2, 0.25) is 11.8 Å². The van der Waals surface area contributed by atoms with Gasteiger partial charge >= 0.3 is 0 Å². The van der Waals surface area contributed by atoms with Crippen LogP contribution in [0.15, 0.2) is 42.5 Å². The van der Waals surface area contributed by atoms with Gasteiger partial charge in [0.1, 0.15) is 16.9 Å². The molecule has 2 amide bonds. The molecular weight excluding hydrogens is 403 g/mol. The standard InChI is InChI=1S/C20H20ClFN2O3S/c1-13(25)23-15-4-2-5-16(11-15)27-9-3-8-24-19(26)12-28-20(24)14-6-7-18(22)17(21)10-14/h2,4-7,10-11,20H,3,8-9,12H2,1H3,(H,23,25). The Morgan fingerprint density at radius 3 is 2.93 bits per heavy atom. The van der Waals surface area contributed by atoms with Gasteiger partial charge in [-0.2, -0.15) is 0 Å². The smallest absolute Gasteiger partial charge is 0.233 e. The molecule has 0 saturated carbocycles. The number of carbonyl (C=O) groups excluding carboxylic acids is 2. The van der Waals surface area contributed by atoms with Gasteiger partial charge in [0.25, 0.3) is 0 Å². The van der Waals surface area contributed by atoms with Crippen LogP contribution in [0.5, 0.6) is 5.75 Å². The number of hydrogen-bond acceptors (Lipinski definition) is 4. The zero-order chi connectivity index (χ0) is 20.1. The van der Waals surface area contributed by atoms with Crippen molar-refractivity contribution in [2.24, 2.45) is 0 Å². The first kappa shape index (κ1) is 20.5. The first-order valence-electron chi connectivity index (χ1n) is 8.80. The predicted octanol–water partition coefficient (Wildman–Crippen LogP) is 4.48. The molecule has 2 aromatic rings. The molecule has 1 aliphatic heterocycles. The van der Waals surface area contributed by atoms with Crippen LogP contribution in [0.1, 0.15) is 24.3 Å². The molecular formula is C20H20ClFN2O3S. The van der Waals surface area contributed by atoms with Crippen molar-refractivity contribution in [2.45, 2.75) is 18.7 Å². The van der Waals surface area contributed by atoms with Crippen molar-refractivity contribution >= 4 is 40.9 Å². The molecule has 148 valence electrons. The molecule has 0 bridgehead atoms. The summed E-state index contributed by atoms with van der Waals surface area (Å²) in [6, 6.07) is 11.7. The highest BCUT2D eigenvalue weighted by atomic mass is 35.5. The average Bonchev–Trinajstić information content (AvgIpc) is 3.01. The first-order valence-corrected chi connectivity index (χ1v) is 10.2. The number of thioether (sulfide) groups is 1. The Labute approximate surface area is 172 Å². The topological polar surface area (TPSA) is 58.6 Å². The van der Waals surface area contributed by atoms with E-state index in [1.54, 1.807) is 35.2 Å². The number of hydrogen-bond donors (Lipinski definition) is 1. The van der Waals surface area contributed by atoms with E-state index in [0.717, 1.165) is 5.56 Å². The van der Waals surface area contributed by atoms with E-state index in [4.69, 9.17) is 16.3 Å². The lowest BCUT2D eigenvalue weighted by atomic mass is 10.2. The second-order valence-corrected chi connectivity index (χ2v) is 7.81. The zero-order valence-corrected chi connectivity index (χ0v) is 16.9. The third-order valence-electron chi connectivity index (χ3n) is 4.16. The molecule has 1 atom stereocenters. The van der Waals surface area contributed by atoms with Gasteiger partial charge in [-0.05, 0) is 36.2 Å². The van der Waals surface area contributed by atoms with Gasteiger partial charge in [0.05, 0.1) is 17.4 Å². The molecule has 0 spiro atoms. The maximum Gasteiger partial charge on any atom is 0.233 e. The second-order valence-electron chi connectivity index (χ2n) is 6.34. The average molecular weight is 423 g/mol. The summed E-state index contributed by atoms with van der Waals surface area (Å²) >= 11 is 7.38. The Hall–Kier alpha value is -2.25. The Kier molecular flexibility index (Phi) is 6.80. The third kappa shape index (κ3) is 5.17. The second kappa shape index (κ2) is 9.30. The lowest BCUT2D eigenvalue weighted by Gasteiger charge is -2.24. The zero-order valence-electron chi connectivity index (χ0n) is 15.3. The summed E-state index contributed by atoms with van der Waals surface area (Å²) in [7, 11) is 0. The number of anilines is 1. The van der Waals surface area contributed by atoms with Crippen LogP contribution in [0.4, 0.5) is 10.1 Å². The monoisotopic (exact) mass is 422 g/mol. The Bertz CT molecular complexity index is 880. The number of nitrogens with zero attached hydrogens (tertiary/aromatic N) is 1. The first-order chi connectivity index (χ1) is 13.4. The minimum Gasteiger partial charge on any atom is -0.493 e. The van der Waals surface area contributed by atoms with Crippen molar-refractivity contribution in [1.82, 2.24) is 4.90 Å². The number of amides is 2. The van der Waals surface area contributed by atoms with Crippen molar-refractivity contribution in [3.63, 3.8) is 0 Å². The SMILES string of the molecule is CC(=O)Nc1cccc(OCCCN2C(=O)CSC2c2ccc(F)c(Cl)c2)c1. The van der Waals surface area contributed by atoms with Crippen molar-refractivity contribution in [3.05, 3.63) is 58.9 Å². The number of ether oxygens (including phenoxy) is 1. The van der Waals surface area contributed by atoms with Gasteiger partial charge in [-0.15, -0.1) is 11.8 Å². The molecule has 1 fully saturated rings. The summed E-state index contributed by atoms with van der Waals surface area (Å²) in [4.78, 5) is 25.1. The molecule has 5 nitrogen and oxygen atoms in total. The maximum atomic E-state index is 13.4. The lowest BCUT2D eigenvalue weighted by Crippen LogP contribution is -2.30. The van der Waals surface area contributed by atoms with E-state index in [0.29, 0.717) is 36.8 Å². The summed E-state index contributed by atoms with van der Waals surface area (Å²) in [5.74, 6) is 0.466. The number of benzene rings is 2. The number of halogens is 2. The summed E-state index contributed by atoms with van der Waals surface area (Å²) in [5.41, 5.74) is 1.48. The molecule has 28 heavy (non-hydrogen) atoms. The summed E-state index contributed by atoms with van der Waals surface area (Å²) in [6.45, 7) is 2.40. The van der Waals surface area contributed by atoms with Gasteiger partial charge < -0.3 is 15.0 Å². The van der Waals surface area contributed by atoms with Gasteiger partial charge in [-0.1, -0.05) is 23.7 Å². The minimum atomic E-state index is -0.471. The van der Waals surface area contributed by atoms with Crippen LogP contribution in [0.2, 0.25) is 5.02 Å². The van der Waals surface area contributed by atoms with Gasteiger partial charge in [-0.3, -0.25) is 9.59 Å². The number of nitrogens with one attached hydrogen (secondary N) is 1. The fourth-order valence-corrected chi connectivity index (χ4v) is 4.33. The lowest BCUT2D eigenvalue weighted by molar-refractivity contribution is -0.128. The normalized spacial score (nSPS) is 16.3. The molecule has 1 heterocycles. The quantitative estimate of drug-likeness (QED) is 0.668. The van der Waals surface area contributed by atoms with Crippen LogP contribution in [0, 0.1) is 5.82 Å². The highest BCUT2D eigenvalue weighted by molar-refractivity contribution is 8.00. The molecule has 1 unspecified atom stereocenters. The van der Waals surface area contributed by atoms with Crippen LogP contribution >= 0.6 is 23.4 Å². The highest BCUT2D eigenvalue weighted by Crippen LogP contribution is 2.39. The fraction of sp³-hybridized carbons (Fsp3) is 0.300. The van der Waals surface area contributed by atoms with E-state index in [-0.39, 0.29) is 22.2 Å². The van der Waals surface area contributed by atoms with Crippen LogP contribution in [-0.2, 0) is 9.59 Å². The van der Waals surface area contributed by atoms with E-state index in [1.807, 2.05) is 6.07 Å². The van der Waals surface area contributed by atoms with Gasteiger partial charge in [0, 0.05) is 25.2 Å². The molecule has 8 heteroatoms. The van der Waals surface area contributed by atoms with Crippen LogP contribution in [-0.4, -0.2) is 35.6 Å². The minimum absolute atomic E-state index is 0.0445. The summed E-state index contributed by atoms with van der Waals surface area (Å²) < 4.78 is 19.1. The Balaban J connectivity index is 1.55. The molecule has 1 aliphatic rings. The molecule has 3 rings (SSSR count). The maximum absolute atomic E-state index is 13.4. The Morgan fingerprint density at radius 2 is 2.18 bits per heavy atom. The molecule has 0 radical (unpaired) electrons. The van der Waals surface area contributed by atoms with E-state index >= 15 is 0 Å². The molecule has 1 saturated heterocycles. The van der Waals surface area contributed by atoms with Crippen molar-refractivity contribution in [2.75, 3.05) is 24.2 Å². The van der Waals surface area contributed by atoms with E-state index in [1.165, 1.54) is 24.8 Å². The Morgan fingerprint density at radius 1 is 1.36 bits per heavy atom. The van der Waals surface area contributed by atoms with Crippen molar-refractivity contribution in [3.8, 4) is 5.75 Å². The highest BCUT2D eigenvalue weighted by Gasteiger charge is 2.32. The number of carbonyl (C=O) groups is 2. The summed E-state index contributed by atoms with van der Waals surface area (Å²) in [6.07, 6.45) is 0.641. The fourth-order valence-electron chi connectivity index (χ4n) is 2.93. The van der Waals surface area contributed by atoms with Crippen LogP contribution in [0.3, 0.4) is 0 Å². The van der Waals surface area contributed by atoms with Crippen molar-refractivity contribution in [1.29, 1.82) is 0 Å². The molecule has 2 aromatic carbocycles. The molecule has 1 N–H and O–H groups in total. The van der Waals surface area contributed by atoms with Gasteiger partial charge in [0.15, 0.2) is 0 Å². The van der Waals surface area contributed by atoms with E-state index in [2.05, 4.69) is 5.32 Å². The summed E-state index contributed by atoms with van der Waals surface area (Å²) in [5, 5.41) is 2.59. The molecule has 0 aromatic heterocycles. The molecule has 0 aliphatic carbocycles. The van der Waals surface area contributed by atoms with Crippen LogP contribution in [0.25, 0.3) is 0 Å². The van der Waals surface area contributed by atoms with Gasteiger partial charge in [-0.25, -0.2) is 4.39 Å². The van der Waals surface area contributed by atoms with Crippen LogP contribution < -0.4 is 10.1 Å². The van der Waals surface area contributed by atoms with E-state index in [9.17, 15) is 14.0 Å². The van der Waals surface area contributed by atoms with Crippen molar-refractivity contribution < 1.29 is 18.7 Å². The van der Waals surface area contributed by atoms with E-state index < -0.39 is 5.82 Å². The largest absolute Gasteiger partial charge is 0.493 e. The third-order valence-corrected chi connectivity index (χ3v) is 5.71.